The van der Waals surface area contributed by atoms with Crippen LogP contribution in [-0.4, -0.2) is 23.5 Å². The number of aromatic nitrogens is 1. The van der Waals surface area contributed by atoms with Gasteiger partial charge in [-0.3, -0.25) is 4.79 Å². The van der Waals surface area contributed by atoms with E-state index < -0.39 is 5.97 Å². The molecule has 0 fully saturated rings. The summed E-state index contributed by atoms with van der Waals surface area (Å²) >= 11 is 3.49. The van der Waals surface area contributed by atoms with Crippen LogP contribution < -0.4 is 5.32 Å². The summed E-state index contributed by atoms with van der Waals surface area (Å²) < 4.78 is 5.99. The van der Waals surface area contributed by atoms with E-state index >= 15 is 0 Å². The highest BCUT2D eigenvalue weighted by Crippen LogP contribution is 2.24. The van der Waals surface area contributed by atoms with Crippen LogP contribution in [0.5, 0.6) is 0 Å². The van der Waals surface area contributed by atoms with Gasteiger partial charge in [0.2, 0.25) is 0 Å². The third-order valence-electron chi connectivity index (χ3n) is 3.86. The maximum atomic E-state index is 12.6. The van der Waals surface area contributed by atoms with Crippen molar-refractivity contribution in [1.82, 2.24) is 10.3 Å². The molecule has 1 unspecified atom stereocenters. The standard InChI is InChI=1S/C18H21BrN2O3/c1-5-24-18(23)15-10(2)16(20-12(15)4)17(22)21-11(3)13-8-6-7-9-14(13)19/h6-9,11,20H,5H2,1-4H3,(H,21,22). The lowest BCUT2D eigenvalue weighted by Gasteiger charge is -2.15. The van der Waals surface area contributed by atoms with E-state index in [0.29, 0.717) is 29.1 Å². The van der Waals surface area contributed by atoms with Crippen molar-refractivity contribution >= 4 is 27.8 Å². The Bertz CT molecular complexity index is 768. The average molecular weight is 393 g/mol. The molecule has 0 radical (unpaired) electrons. The highest BCUT2D eigenvalue weighted by Gasteiger charge is 2.24. The van der Waals surface area contributed by atoms with E-state index in [-0.39, 0.29) is 11.9 Å². The molecule has 0 saturated carbocycles. The van der Waals surface area contributed by atoms with Crippen LogP contribution in [-0.2, 0) is 4.74 Å². The Balaban J connectivity index is 2.23. The molecular weight excluding hydrogens is 372 g/mol. The first kappa shape index (κ1) is 18.3. The van der Waals surface area contributed by atoms with E-state index in [0.717, 1.165) is 10.0 Å². The molecule has 6 heteroatoms. The third-order valence-corrected chi connectivity index (χ3v) is 4.59. The van der Waals surface area contributed by atoms with E-state index in [4.69, 9.17) is 4.74 Å². The minimum Gasteiger partial charge on any atom is -0.462 e. The lowest BCUT2D eigenvalue weighted by atomic mass is 10.1. The fourth-order valence-electron chi connectivity index (χ4n) is 2.66. The molecule has 128 valence electrons. The van der Waals surface area contributed by atoms with Crippen molar-refractivity contribution in [2.24, 2.45) is 0 Å². The van der Waals surface area contributed by atoms with Crippen LogP contribution in [0, 0.1) is 13.8 Å². The summed E-state index contributed by atoms with van der Waals surface area (Å²) in [4.78, 5) is 27.6. The second-order valence-electron chi connectivity index (χ2n) is 5.56. The summed E-state index contributed by atoms with van der Waals surface area (Å²) in [7, 11) is 0. The second kappa shape index (κ2) is 7.66. The molecule has 0 aliphatic carbocycles. The van der Waals surface area contributed by atoms with E-state index in [1.54, 1.807) is 20.8 Å². The SMILES string of the molecule is CCOC(=O)c1c(C)[nH]c(C(=O)NC(C)c2ccccc2Br)c1C. The third kappa shape index (κ3) is 3.70. The molecule has 0 spiro atoms. The van der Waals surface area contributed by atoms with E-state index in [9.17, 15) is 9.59 Å². The number of hydrogen-bond donors (Lipinski definition) is 2. The number of benzene rings is 1. The molecule has 0 saturated heterocycles. The molecule has 1 amide bonds. The summed E-state index contributed by atoms with van der Waals surface area (Å²) in [5, 5.41) is 2.95. The Morgan fingerprint density at radius 3 is 2.58 bits per heavy atom. The predicted octanol–water partition coefficient (Wildman–Crippen LogP) is 4.06. The zero-order chi connectivity index (χ0) is 17.9. The van der Waals surface area contributed by atoms with Gasteiger partial charge in [0.05, 0.1) is 18.2 Å². The topological polar surface area (TPSA) is 71.2 Å². The Hall–Kier alpha value is -2.08. The van der Waals surface area contributed by atoms with Gasteiger partial charge in [0.1, 0.15) is 5.69 Å². The second-order valence-corrected chi connectivity index (χ2v) is 6.42. The molecule has 5 nitrogen and oxygen atoms in total. The molecule has 2 aromatic rings. The van der Waals surface area contributed by atoms with E-state index in [2.05, 4.69) is 26.2 Å². The van der Waals surface area contributed by atoms with Crippen molar-refractivity contribution < 1.29 is 14.3 Å². The number of H-pyrrole nitrogens is 1. The maximum absolute atomic E-state index is 12.6. The highest BCUT2D eigenvalue weighted by atomic mass is 79.9. The largest absolute Gasteiger partial charge is 0.462 e. The van der Waals surface area contributed by atoms with Crippen LogP contribution in [0.4, 0.5) is 0 Å². The first-order valence-corrected chi connectivity index (χ1v) is 8.57. The first-order valence-electron chi connectivity index (χ1n) is 7.78. The van der Waals surface area contributed by atoms with Gasteiger partial charge in [-0.15, -0.1) is 0 Å². The van der Waals surface area contributed by atoms with Crippen LogP contribution in [0.15, 0.2) is 28.7 Å². The van der Waals surface area contributed by atoms with Gasteiger partial charge in [0, 0.05) is 10.2 Å². The monoisotopic (exact) mass is 392 g/mol. The molecule has 2 rings (SSSR count). The summed E-state index contributed by atoms with van der Waals surface area (Å²) in [6, 6.07) is 7.55. The van der Waals surface area contributed by atoms with Gasteiger partial charge >= 0.3 is 5.97 Å². The van der Waals surface area contributed by atoms with Gasteiger partial charge < -0.3 is 15.0 Å². The lowest BCUT2D eigenvalue weighted by Crippen LogP contribution is -2.27. The van der Waals surface area contributed by atoms with Gasteiger partial charge in [0.15, 0.2) is 0 Å². The summed E-state index contributed by atoms with van der Waals surface area (Å²) in [6.07, 6.45) is 0. The Morgan fingerprint density at radius 2 is 1.96 bits per heavy atom. The summed E-state index contributed by atoms with van der Waals surface area (Å²) in [6.45, 7) is 7.46. The number of ether oxygens (including phenoxy) is 1. The number of esters is 1. The normalized spacial score (nSPS) is 11.9. The molecule has 1 aromatic carbocycles. The molecular formula is C18H21BrN2O3. The van der Waals surface area contributed by atoms with Crippen molar-refractivity contribution in [3.63, 3.8) is 0 Å². The number of carbonyl (C=O) groups excluding carboxylic acids is 2. The van der Waals surface area contributed by atoms with Gasteiger partial charge in [-0.25, -0.2) is 4.79 Å². The molecule has 0 aliphatic heterocycles. The Morgan fingerprint density at radius 1 is 1.29 bits per heavy atom. The fraction of sp³-hybridized carbons (Fsp3) is 0.333. The predicted molar refractivity (Wildman–Crippen MR) is 96.2 cm³/mol. The van der Waals surface area contributed by atoms with Crippen molar-refractivity contribution in [1.29, 1.82) is 0 Å². The zero-order valence-electron chi connectivity index (χ0n) is 14.2. The van der Waals surface area contributed by atoms with Gasteiger partial charge in [0.25, 0.3) is 5.91 Å². The number of aromatic amines is 1. The van der Waals surface area contributed by atoms with Crippen molar-refractivity contribution in [2.45, 2.75) is 33.7 Å². The van der Waals surface area contributed by atoms with E-state index in [1.165, 1.54) is 0 Å². The lowest BCUT2D eigenvalue weighted by molar-refractivity contribution is 0.0525. The minimum atomic E-state index is -0.415. The van der Waals surface area contributed by atoms with Gasteiger partial charge in [-0.05, 0) is 44.9 Å². The Labute approximate surface area is 149 Å². The Kier molecular flexibility index (Phi) is 5.83. The average Bonchev–Trinajstić information content (AvgIpc) is 2.82. The molecule has 0 aliphatic rings. The van der Waals surface area contributed by atoms with E-state index in [1.807, 2.05) is 31.2 Å². The van der Waals surface area contributed by atoms with Crippen LogP contribution in [0.3, 0.4) is 0 Å². The number of halogens is 1. The van der Waals surface area contributed by atoms with Crippen LogP contribution in [0.2, 0.25) is 0 Å². The molecule has 0 bridgehead atoms. The summed E-state index contributed by atoms with van der Waals surface area (Å²) in [5.74, 6) is -0.670. The van der Waals surface area contributed by atoms with Crippen LogP contribution in [0.1, 0.15) is 57.6 Å². The quantitative estimate of drug-likeness (QED) is 0.753. The number of carbonyl (C=O) groups is 2. The molecule has 1 heterocycles. The number of nitrogens with one attached hydrogen (secondary N) is 2. The van der Waals surface area contributed by atoms with Gasteiger partial charge in [-0.1, -0.05) is 34.1 Å². The van der Waals surface area contributed by atoms with Gasteiger partial charge in [-0.2, -0.15) is 0 Å². The molecule has 24 heavy (non-hydrogen) atoms. The van der Waals surface area contributed by atoms with Crippen molar-refractivity contribution in [3.8, 4) is 0 Å². The van der Waals surface area contributed by atoms with Crippen LogP contribution in [0.25, 0.3) is 0 Å². The highest BCUT2D eigenvalue weighted by molar-refractivity contribution is 9.10. The number of amides is 1. The fourth-order valence-corrected chi connectivity index (χ4v) is 3.29. The zero-order valence-corrected chi connectivity index (χ0v) is 15.8. The number of rotatable bonds is 5. The smallest absolute Gasteiger partial charge is 0.340 e. The minimum absolute atomic E-state index is 0.179. The number of aryl methyl sites for hydroxylation is 1. The van der Waals surface area contributed by atoms with Crippen LogP contribution >= 0.6 is 15.9 Å². The molecule has 1 aromatic heterocycles. The molecule has 2 N–H and O–H groups in total. The number of hydrogen-bond acceptors (Lipinski definition) is 3. The first-order chi connectivity index (χ1) is 11.4. The van der Waals surface area contributed by atoms with Crippen molar-refractivity contribution in [3.05, 3.63) is 56.8 Å². The van der Waals surface area contributed by atoms with Crippen molar-refractivity contribution in [2.75, 3.05) is 6.61 Å². The summed E-state index contributed by atoms with van der Waals surface area (Å²) in [5.41, 5.74) is 3.02. The maximum Gasteiger partial charge on any atom is 0.340 e. The molecule has 1 atom stereocenters.